The molecule has 2 nitrogen and oxygen atoms in total. The Bertz CT molecular complexity index is 443. The molecule has 2 atom stereocenters. The third-order valence-corrected chi connectivity index (χ3v) is 4.51. The summed E-state index contributed by atoms with van der Waals surface area (Å²) < 4.78 is 0. The number of hydrogen-bond donors (Lipinski definition) is 1. The second kappa shape index (κ2) is 18.2. The fraction of sp³-hybridized carbons (Fsp3) is 0.625. The minimum Gasteiger partial charge on any atom is -0.481 e. The van der Waals surface area contributed by atoms with Gasteiger partial charge in [-0.05, 0) is 44.4 Å². The van der Waals surface area contributed by atoms with Crippen LogP contribution in [0.25, 0.3) is 0 Å². The molecule has 0 heterocycles. The van der Waals surface area contributed by atoms with Crippen LogP contribution >= 0.6 is 0 Å². The van der Waals surface area contributed by atoms with E-state index in [9.17, 15) is 4.79 Å². The predicted molar refractivity (Wildman–Crippen MR) is 114 cm³/mol. The van der Waals surface area contributed by atoms with Crippen LogP contribution in [0.3, 0.4) is 0 Å². The van der Waals surface area contributed by atoms with Gasteiger partial charge in [0.2, 0.25) is 0 Å². The molecule has 0 aromatic rings. The molecular weight excluding hydrogens is 320 g/mol. The van der Waals surface area contributed by atoms with Crippen molar-refractivity contribution >= 4 is 5.97 Å². The van der Waals surface area contributed by atoms with Crippen molar-refractivity contribution in [3.63, 3.8) is 0 Å². The minimum absolute atomic E-state index is 0.251. The van der Waals surface area contributed by atoms with Gasteiger partial charge in [-0.3, -0.25) is 4.79 Å². The normalized spacial score (nSPS) is 14.9. The quantitative estimate of drug-likeness (QED) is 0.229. The molecule has 0 aromatic heterocycles. The lowest BCUT2D eigenvalue weighted by atomic mass is 10.00. The van der Waals surface area contributed by atoms with E-state index < -0.39 is 5.97 Å². The maximum atomic E-state index is 10.7. The third kappa shape index (κ3) is 17.3. The number of allylic oxidation sites excluding steroid dienone is 8. The first-order chi connectivity index (χ1) is 12.6. The van der Waals surface area contributed by atoms with Gasteiger partial charge in [-0.2, -0.15) is 0 Å². The minimum atomic E-state index is -0.707. The molecule has 1 N–H and O–H groups in total. The van der Waals surface area contributed by atoms with Crippen LogP contribution in [0.1, 0.15) is 85.0 Å². The zero-order valence-electron chi connectivity index (χ0n) is 17.2. The fourth-order valence-electron chi connectivity index (χ4n) is 2.59. The zero-order chi connectivity index (χ0) is 19.5. The smallest absolute Gasteiger partial charge is 0.306 e. The van der Waals surface area contributed by atoms with Crippen molar-refractivity contribution in [2.75, 3.05) is 0 Å². The summed E-state index contributed by atoms with van der Waals surface area (Å²) in [6.45, 7) is 6.36. The average molecular weight is 361 g/mol. The molecule has 0 saturated heterocycles. The number of hydrogen-bond acceptors (Lipinski definition) is 1. The standard InChI is InChI=1S/C24H40O2/c1-4-5-16-19-22(2)20-17-14-12-10-8-6-7-9-11-13-15-18-21-23(3)24(25)26/h7-10,13-15,17,22-23H,4-6,11-12,16,18-21H2,1-3H3,(H,25,26)/b9-7-,10-8-,15-13-,17-14-. The van der Waals surface area contributed by atoms with Crippen molar-refractivity contribution in [3.8, 4) is 0 Å². The van der Waals surface area contributed by atoms with Crippen LogP contribution in [0, 0.1) is 11.8 Å². The van der Waals surface area contributed by atoms with Crippen molar-refractivity contribution < 1.29 is 9.90 Å². The van der Waals surface area contributed by atoms with E-state index in [0.29, 0.717) is 6.42 Å². The Labute approximate surface area is 161 Å². The van der Waals surface area contributed by atoms with Crippen LogP contribution in [0.15, 0.2) is 48.6 Å². The first kappa shape index (κ1) is 24.4. The van der Waals surface area contributed by atoms with E-state index in [0.717, 1.165) is 31.6 Å². The lowest BCUT2D eigenvalue weighted by Crippen LogP contribution is -2.08. The van der Waals surface area contributed by atoms with Gasteiger partial charge in [0.15, 0.2) is 0 Å². The lowest BCUT2D eigenvalue weighted by molar-refractivity contribution is -0.141. The van der Waals surface area contributed by atoms with Crippen LogP contribution in [0.2, 0.25) is 0 Å². The summed E-state index contributed by atoms with van der Waals surface area (Å²) in [5.41, 5.74) is 0. The van der Waals surface area contributed by atoms with Gasteiger partial charge in [-0.1, -0.05) is 95.1 Å². The first-order valence-corrected chi connectivity index (χ1v) is 10.4. The highest BCUT2D eigenvalue weighted by Gasteiger charge is 2.08. The topological polar surface area (TPSA) is 37.3 Å². The molecule has 0 rings (SSSR count). The van der Waals surface area contributed by atoms with Crippen LogP contribution < -0.4 is 0 Å². The molecule has 0 saturated carbocycles. The van der Waals surface area contributed by atoms with Gasteiger partial charge in [0, 0.05) is 0 Å². The van der Waals surface area contributed by atoms with E-state index in [2.05, 4.69) is 62.5 Å². The maximum absolute atomic E-state index is 10.7. The molecular formula is C24H40O2. The maximum Gasteiger partial charge on any atom is 0.306 e. The number of carbonyl (C=O) groups is 1. The van der Waals surface area contributed by atoms with Crippen molar-refractivity contribution in [1.29, 1.82) is 0 Å². The Morgan fingerprint density at radius 2 is 1.35 bits per heavy atom. The number of carboxylic acid groups (broad SMARTS) is 1. The van der Waals surface area contributed by atoms with Crippen molar-refractivity contribution in [1.82, 2.24) is 0 Å². The summed E-state index contributed by atoms with van der Waals surface area (Å²) in [5, 5.41) is 8.79. The summed E-state index contributed by atoms with van der Waals surface area (Å²) in [6.07, 6.45) is 28.6. The van der Waals surface area contributed by atoms with Gasteiger partial charge in [-0.15, -0.1) is 0 Å². The van der Waals surface area contributed by atoms with Crippen molar-refractivity contribution in [3.05, 3.63) is 48.6 Å². The van der Waals surface area contributed by atoms with Crippen molar-refractivity contribution in [2.24, 2.45) is 11.8 Å². The second-order valence-corrected chi connectivity index (χ2v) is 7.25. The van der Waals surface area contributed by atoms with Crippen LogP contribution in [-0.4, -0.2) is 11.1 Å². The molecule has 2 unspecified atom stereocenters. The summed E-state index contributed by atoms with van der Waals surface area (Å²) >= 11 is 0. The molecule has 0 amide bonds. The summed E-state index contributed by atoms with van der Waals surface area (Å²) in [7, 11) is 0. The van der Waals surface area contributed by atoms with Gasteiger partial charge in [0.05, 0.1) is 5.92 Å². The van der Waals surface area contributed by atoms with Crippen molar-refractivity contribution in [2.45, 2.75) is 85.0 Å². The highest BCUT2D eigenvalue weighted by molar-refractivity contribution is 5.69. The summed E-state index contributed by atoms with van der Waals surface area (Å²) in [5.74, 6) is -0.148. The Hall–Kier alpha value is -1.57. The molecule has 0 fully saturated rings. The fourth-order valence-corrected chi connectivity index (χ4v) is 2.59. The lowest BCUT2D eigenvalue weighted by Gasteiger charge is -2.06. The van der Waals surface area contributed by atoms with E-state index >= 15 is 0 Å². The first-order valence-electron chi connectivity index (χ1n) is 10.4. The van der Waals surface area contributed by atoms with Gasteiger partial charge in [-0.25, -0.2) is 0 Å². The van der Waals surface area contributed by atoms with E-state index in [1.807, 2.05) is 0 Å². The van der Waals surface area contributed by atoms with Gasteiger partial charge in [0.25, 0.3) is 0 Å². The third-order valence-electron chi connectivity index (χ3n) is 4.51. The molecule has 0 aliphatic heterocycles. The highest BCUT2D eigenvalue weighted by atomic mass is 16.4. The monoisotopic (exact) mass is 360 g/mol. The molecule has 0 aliphatic rings. The van der Waals surface area contributed by atoms with Crippen LogP contribution in [-0.2, 0) is 4.79 Å². The molecule has 0 spiro atoms. The number of unbranched alkanes of at least 4 members (excludes halogenated alkanes) is 2. The molecule has 26 heavy (non-hydrogen) atoms. The van der Waals surface area contributed by atoms with Gasteiger partial charge in [0.1, 0.15) is 0 Å². The molecule has 2 heteroatoms. The SMILES string of the molecule is CCCCCC(C)C/C=C\C/C=C\C/C=C\C/C=C\CCC(C)C(=O)O. The average Bonchev–Trinajstić information content (AvgIpc) is 2.61. The van der Waals surface area contributed by atoms with E-state index in [1.54, 1.807) is 6.92 Å². The van der Waals surface area contributed by atoms with Crippen LogP contribution in [0.5, 0.6) is 0 Å². The number of aliphatic carboxylic acids is 1. The Balaban J connectivity index is 3.58. The largest absolute Gasteiger partial charge is 0.481 e. The summed E-state index contributed by atoms with van der Waals surface area (Å²) in [4.78, 5) is 10.7. The molecule has 148 valence electrons. The highest BCUT2D eigenvalue weighted by Crippen LogP contribution is 2.13. The van der Waals surface area contributed by atoms with Crippen LogP contribution in [0.4, 0.5) is 0 Å². The molecule has 0 aromatic carbocycles. The Morgan fingerprint density at radius 1 is 0.808 bits per heavy atom. The van der Waals surface area contributed by atoms with E-state index in [-0.39, 0.29) is 5.92 Å². The predicted octanol–water partition coefficient (Wildman–Crippen LogP) is 7.49. The van der Waals surface area contributed by atoms with Gasteiger partial charge < -0.3 is 5.11 Å². The molecule has 0 aliphatic carbocycles. The van der Waals surface area contributed by atoms with E-state index in [4.69, 9.17) is 5.11 Å². The Kier molecular flexibility index (Phi) is 17.1. The van der Waals surface area contributed by atoms with Gasteiger partial charge >= 0.3 is 5.97 Å². The summed E-state index contributed by atoms with van der Waals surface area (Å²) in [6, 6.07) is 0. The number of carboxylic acids is 1. The number of rotatable bonds is 16. The zero-order valence-corrected chi connectivity index (χ0v) is 17.2. The second-order valence-electron chi connectivity index (χ2n) is 7.25. The Morgan fingerprint density at radius 3 is 1.88 bits per heavy atom. The molecule has 0 radical (unpaired) electrons. The molecule has 0 bridgehead atoms. The van der Waals surface area contributed by atoms with E-state index in [1.165, 1.54) is 32.1 Å².